The Hall–Kier alpha value is -0.870. The van der Waals surface area contributed by atoms with Gasteiger partial charge in [-0.2, -0.15) is 5.10 Å². The molecule has 1 aromatic rings. The van der Waals surface area contributed by atoms with Gasteiger partial charge in [-0.05, 0) is 39.4 Å². The lowest BCUT2D eigenvalue weighted by Crippen LogP contribution is -2.44. The molecule has 1 aromatic heterocycles. The third-order valence-corrected chi connectivity index (χ3v) is 3.40. The number of hydrogen-bond acceptors (Lipinski definition) is 3. The molecule has 90 valence electrons. The van der Waals surface area contributed by atoms with Gasteiger partial charge in [0.2, 0.25) is 0 Å². The molecule has 2 heterocycles. The molecule has 16 heavy (non-hydrogen) atoms. The van der Waals surface area contributed by atoms with E-state index < -0.39 is 0 Å². The minimum absolute atomic E-state index is 0.659. The van der Waals surface area contributed by atoms with E-state index in [0.29, 0.717) is 6.04 Å². The van der Waals surface area contributed by atoms with Crippen molar-refractivity contribution in [2.24, 2.45) is 0 Å². The van der Waals surface area contributed by atoms with Crippen molar-refractivity contribution in [3.05, 3.63) is 18.0 Å². The Morgan fingerprint density at radius 1 is 1.56 bits per heavy atom. The summed E-state index contributed by atoms with van der Waals surface area (Å²) in [5.74, 6) is 0. The highest BCUT2D eigenvalue weighted by Gasteiger charge is 2.19. The minimum atomic E-state index is 0.659. The summed E-state index contributed by atoms with van der Waals surface area (Å²) in [4.78, 5) is 2.52. The molecule has 1 aliphatic rings. The van der Waals surface area contributed by atoms with Crippen molar-refractivity contribution >= 4 is 0 Å². The van der Waals surface area contributed by atoms with Gasteiger partial charge in [-0.3, -0.25) is 9.58 Å². The van der Waals surface area contributed by atoms with Gasteiger partial charge < -0.3 is 5.32 Å². The summed E-state index contributed by atoms with van der Waals surface area (Å²) in [6, 6.07) is 2.79. The maximum Gasteiger partial charge on any atom is 0.0524 e. The van der Waals surface area contributed by atoms with Gasteiger partial charge in [-0.1, -0.05) is 0 Å². The van der Waals surface area contributed by atoms with Gasteiger partial charge in [-0.25, -0.2) is 0 Å². The van der Waals surface area contributed by atoms with Crippen LogP contribution in [0.25, 0.3) is 0 Å². The number of hydrogen-bond donors (Lipinski definition) is 1. The van der Waals surface area contributed by atoms with Crippen LogP contribution in [-0.2, 0) is 13.1 Å². The highest BCUT2D eigenvalue weighted by atomic mass is 15.3. The standard InChI is InChI=1S/C12H22N4/c1-3-16-12(6-7-14-16)10-15-8-4-5-11(9-15)13-2/h6-7,11,13H,3-5,8-10H2,1-2H3. The Morgan fingerprint density at radius 2 is 2.44 bits per heavy atom. The number of likely N-dealkylation sites (tertiary alicyclic amines) is 1. The van der Waals surface area contributed by atoms with Crippen molar-refractivity contribution < 1.29 is 0 Å². The lowest BCUT2D eigenvalue weighted by molar-refractivity contribution is 0.183. The van der Waals surface area contributed by atoms with Gasteiger partial charge in [0.15, 0.2) is 0 Å². The molecule has 0 radical (unpaired) electrons. The smallest absolute Gasteiger partial charge is 0.0524 e. The number of aryl methyl sites for hydroxylation is 1. The summed E-state index contributed by atoms with van der Waals surface area (Å²) in [6.07, 6.45) is 4.50. The third kappa shape index (κ3) is 2.62. The third-order valence-electron chi connectivity index (χ3n) is 3.40. The van der Waals surface area contributed by atoms with E-state index >= 15 is 0 Å². The summed E-state index contributed by atoms with van der Waals surface area (Å²) >= 11 is 0. The van der Waals surface area contributed by atoms with Crippen molar-refractivity contribution in [1.29, 1.82) is 0 Å². The van der Waals surface area contributed by atoms with Crippen LogP contribution in [0.2, 0.25) is 0 Å². The summed E-state index contributed by atoms with van der Waals surface area (Å²) in [6.45, 7) is 6.51. The lowest BCUT2D eigenvalue weighted by Gasteiger charge is -2.32. The largest absolute Gasteiger partial charge is 0.316 e. The molecule has 1 fully saturated rings. The van der Waals surface area contributed by atoms with Crippen molar-refractivity contribution in [2.45, 2.75) is 38.9 Å². The van der Waals surface area contributed by atoms with Gasteiger partial charge in [0, 0.05) is 31.9 Å². The van der Waals surface area contributed by atoms with Crippen LogP contribution in [0.4, 0.5) is 0 Å². The summed E-state index contributed by atoms with van der Waals surface area (Å²) in [5.41, 5.74) is 1.33. The van der Waals surface area contributed by atoms with Crippen LogP contribution in [-0.4, -0.2) is 40.9 Å². The van der Waals surface area contributed by atoms with Crippen LogP contribution < -0.4 is 5.32 Å². The molecule has 1 atom stereocenters. The van der Waals surface area contributed by atoms with Crippen LogP contribution in [0.1, 0.15) is 25.5 Å². The van der Waals surface area contributed by atoms with E-state index in [-0.39, 0.29) is 0 Å². The van der Waals surface area contributed by atoms with Crippen molar-refractivity contribution in [3.8, 4) is 0 Å². The van der Waals surface area contributed by atoms with E-state index in [9.17, 15) is 0 Å². The first-order valence-corrected chi connectivity index (χ1v) is 6.23. The summed E-state index contributed by atoms with van der Waals surface area (Å²) < 4.78 is 2.09. The van der Waals surface area contributed by atoms with E-state index in [1.165, 1.54) is 25.1 Å². The Kier molecular flexibility index (Phi) is 3.96. The maximum absolute atomic E-state index is 4.31. The van der Waals surface area contributed by atoms with E-state index in [2.05, 4.69) is 40.0 Å². The molecule has 2 rings (SSSR count). The second kappa shape index (κ2) is 5.46. The Balaban J connectivity index is 1.93. The second-order valence-electron chi connectivity index (χ2n) is 4.50. The van der Waals surface area contributed by atoms with Crippen molar-refractivity contribution in [3.63, 3.8) is 0 Å². The summed E-state index contributed by atoms with van der Waals surface area (Å²) in [5, 5.41) is 7.69. The number of aromatic nitrogens is 2. The average molecular weight is 222 g/mol. The van der Waals surface area contributed by atoms with E-state index in [0.717, 1.165) is 19.6 Å². The van der Waals surface area contributed by atoms with Crippen LogP contribution in [0.15, 0.2) is 12.3 Å². The Labute approximate surface area is 97.6 Å². The van der Waals surface area contributed by atoms with Crippen LogP contribution >= 0.6 is 0 Å². The number of nitrogens with zero attached hydrogens (tertiary/aromatic N) is 3. The van der Waals surface area contributed by atoms with Gasteiger partial charge in [-0.15, -0.1) is 0 Å². The van der Waals surface area contributed by atoms with Crippen LogP contribution in [0, 0.1) is 0 Å². The SMILES string of the molecule is CCn1nccc1CN1CCCC(NC)C1. The zero-order chi connectivity index (χ0) is 11.4. The second-order valence-corrected chi connectivity index (χ2v) is 4.50. The molecule has 0 bridgehead atoms. The molecular weight excluding hydrogens is 200 g/mol. The van der Waals surface area contributed by atoms with E-state index in [4.69, 9.17) is 0 Å². The maximum atomic E-state index is 4.31. The fourth-order valence-electron chi connectivity index (χ4n) is 2.44. The molecular formula is C12H22N4. The van der Waals surface area contributed by atoms with Crippen molar-refractivity contribution in [1.82, 2.24) is 20.0 Å². The quantitative estimate of drug-likeness (QED) is 0.828. The van der Waals surface area contributed by atoms with Gasteiger partial charge in [0.1, 0.15) is 0 Å². The zero-order valence-electron chi connectivity index (χ0n) is 10.3. The van der Waals surface area contributed by atoms with Gasteiger partial charge in [0.05, 0.1) is 5.69 Å². The molecule has 0 aliphatic carbocycles. The van der Waals surface area contributed by atoms with E-state index in [1.807, 2.05) is 6.20 Å². The predicted octanol–water partition coefficient (Wildman–Crippen LogP) is 1.09. The molecule has 4 nitrogen and oxygen atoms in total. The molecule has 4 heteroatoms. The van der Waals surface area contributed by atoms with Crippen molar-refractivity contribution in [2.75, 3.05) is 20.1 Å². The number of likely N-dealkylation sites (N-methyl/N-ethyl adjacent to an activating group) is 1. The zero-order valence-corrected chi connectivity index (χ0v) is 10.3. The molecule has 0 saturated carbocycles. The normalized spacial score (nSPS) is 22.5. The molecule has 1 unspecified atom stereocenters. The lowest BCUT2D eigenvalue weighted by atomic mass is 10.1. The molecule has 1 saturated heterocycles. The number of rotatable bonds is 4. The number of nitrogens with one attached hydrogen (secondary N) is 1. The molecule has 1 aliphatic heterocycles. The topological polar surface area (TPSA) is 33.1 Å². The molecule has 1 N–H and O–H groups in total. The first-order valence-electron chi connectivity index (χ1n) is 6.23. The fourth-order valence-corrected chi connectivity index (χ4v) is 2.44. The molecule has 0 amide bonds. The Bertz CT molecular complexity index is 321. The first-order chi connectivity index (χ1) is 7.83. The molecule has 0 spiro atoms. The fraction of sp³-hybridized carbons (Fsp3) is 0.750. The highest BCUT2D eigenvalue weighted by Crippen LogP contribution is 2.13. The summed E-state index contributed by atoms with van der Waals surface area (Å²) in [7, 11) is 2.06. The highest BCUT2D eigenvalue weighted by molar-refractivity contribution is 5.00. The van der Waals surface area contributed by atoms with Gasteiger partial charge >= 0.3 is 0 Å². The first kappa shape index (κ1) is 11.6. The Morgan fingerprint density at radius 3 is 3.19 bits per heavy atom. The minimum Gasteiger partial charge on any atom is -0.316 e. The predicted molar refractivity (Wildman–Crippen MR) is 65.3 cm³/mol. The number of piperidine rings is 1. The molecule has 0 aromatic carbocycles. The van der Waals surface area contributed by atoms with Crippen LogP contribution in [0.5, 0.6) is 0 Å². The van der Waals surface area contributed by atoms with Crippen LogP contribution in [0.3, 0.4) is 0 Å². The van der Waals surface area contributed by atoms with E-state index in [1.54, 1.807) is 0 Å². The average Bonchev–Trinajstić information content (AvgIpc) is 2.76. The van der Waals surface area contributed by atoms with Gasteiger partial charge in [0.25, 0.3) is 0 Å². The monoisotopic (exact) mass is 222 g/mol.